The first kappa shape index (κ1) is 12.6. The van der Waals surface area contributed by atoms with Crippen LogP contribution in [-0.2, 0) is 11.3 Å². The van der Waals surface area contributed by atoms with E-state index in [0.717, 1.165) is 5.56 Å². The van der Waals surface area contributed by atoms with Gasteiger partial charge < -0.3 is 10.6 Å². The zero-order valence-corrected chi connectivity index (χ0v) is 10.3. The smallest absolute Gasteiger partial charge is 0.232 e. The molecule has 1 amide bonds. The maximum atomic E-state index is 11.8. The van der Waals surface area contributed by atoms with Crippen LogP contribution in [0.3, 0.4) is 0 Å². The third kappa shape index (κ3) is 3.31. The van der Waals surface area contributed by atoms with Crippen LogP contribution >= 0.6 is 12.2 Å². The Labute approximate surface area is 101 Å². The molecule has 0 saturated carbocycles. The number of nitrogens with zero attached hydrogens (tertiary/aromatic N) is 1. The minimum Gasteiger partial charge on any atom is -0.393 e. The molecule has 1 aromatic rings. The van der Waals surface area contributed by atoms with Crippen molar-refractivity contribution in [2.45, 2.75) is 13.5 Å². The summed E-state index contributed by atoms with van der Waals surface area (Å²) in [5.74, 6) is -0.444. The molecular formula is C12H16N2OS. The second-order valence-corrected chi connectivity index (χ2v) is 4.28. The van der Waals surface area contributed by atoms with E-state index in [2.05, 4.69) is 0 Å². The highest BCUT2D eigenvalue weighted by molar-refractivity contribution is 7.80. The Balaban J connectivity index is 2.62. The van der Waals surface area contributed by atoms with Gasteiger partial charge in [-0.25, -0.2) is 0 Å². The van der Waals surface area contributed by atoms with Crippen LogP contribution in [0.4, 0.5) is 0 Å². The first-order chi connectivity index (χ1) is 7.52. The molecule has 1 atom stereocenters. The van der Waals surface area contributed by atoms with Gasteiger partial charge in [-0.2, -0.15) is 0 Å². The van der Waals surface area contributed by atoms with E-state index in [9.17, 15) is 4.79 Å². The van der Waals surface area contributed by atoms with Gasteiger partial charge in [-0.15, -0.1) is 0 Å². The van der Waals surface area contributed by atoms with E-state index in [4.69, 9.17) is 18.0 Å². The molecule has 0 heterocycles. The van der Waals surface area contributed by atoms with Crippen molar-refractivity contribution >= 4 is 23.1 Å². The molecule has 0 radical (unpaired) electrons. The van der Waals surface area contributed by atoms with Gasteiger partial charge in [-0.1, -0.05) is 42.5 Å². The molecule has 86 valence electrons. The number of rotatable bonds is 4. The molecule has 0 aliphatic carbocycles. The molecule has 0 aliphatic rings. The van der Waals surface area contributed by atoms with Crippen molar-refractivity contribution in [3.63, 3.8) is 0 Å². The van der Waals surface area contributed by atoms with Crippen LogP contribution in [0.15, 0.2) is 30.3 Å². The van der Waals surface area contributed by atoms with E-state index in [1.54, 1.807) is 18.9 Å². The molecule has 0 aromatic heterocycles. The monoisotopic (exact) mass is 236 g/mol. The Morgan fingerprint density at radius 1 is 1.44 bits per heavy atom. The average Bonchev–Trinajstić information content (AvgIpc) is 2.28. The normalized spacial score (nSPS) is 11.9. The summed E-state index contributed by atoms with van der Waals surface area (Å²) >= 11 is 4.81. The molecule has 0 spiro atoms. The van der Waals surface area contributed by atoms with Crippen LogP contribution in [0.2, 0.25) is 0 Å². The van der Waals surface area contributed by atoms with Gasteiger partial charge in [0.15, 0.2) is 0 Å². The summed E-state index contributed by atoms with van der Waals surface area (Å²) < 4.78 is 0. The molecule has 2 N–H and O–H groups in total. The van der Waals surface area contributed by atoms with Crippen molar-refractivity contribution in [1.82, 2.24) is 4.90 Å². The second kappa shape index (κ2) is 5.61. The number of nitrogens with two attached hydrogens (primary N) is 1. The average molecular weight is 236 g/mol. The number of hydrogen-bond donors (Lipinski definition) is 1. The van der Waals surface area contributed by atoms with Gasteiger partial charge in [0.2, 0.25) is 5.91 Å². The Bertz CT molecular complexity index is 378. The zero-order chi connectivity index (χ0) is 12.1. The molecular weight excluding hydrogens is 220 g/mol. The van der Waals surface area contributed by atoms with Crippen molar-refractivity contribution in [2.75, 3.05) is 7.05 Å². The number of carbonyl (C=O) groups is 1. The number of amides is 1. The minimum atomic E-state index is -0.399. The molecule has 16 heavy (non-hydrogen) atoms. The van der Waals surface area contributed by atoms with Crippen LogP contribution in [0.1, 0.15) is 12.5 Å². The van der Waals surface area contributed by atoms with Crippen molar-refractivity contribution in [2.24, 2.45) is 11.7 Å². The molecule has 1 unspecified atom stereocenters. The summed E-state index contributed by atoms with van der Waals surface area (Å²) in [5, 5.41) is 0. The first-order valence-corrected chi connectivity index (χ1v) is 5.51. The highest BCUT2D eigenvalue weighted by atomic mass is 32.1. The summed E-state index contributed by atoms with van der Waals surface area (Å²) in [6.07, 6.45) is 0. The van der Waals surface area contributed by atoms with Gasteiger partial charge in [0, 0.05) is 13.6 Å². The van der Waals surface area contributed by atoms with Crippen molar-refractivity contribution in [1.29, 1.82) is 0 Å². The lowest BCUT2D eigenvalue weighted by Crippen LogP contribution is -2.37. The molecule has 1 aromatic carbocycles. The van der Waals surface area contributed by atoms with E-state index in [-0.39, 0.29) is 10.9 Å². The molecule has 0 aliphatic heterocycles. The van der Waals surface area contributed by atoms with Gasteiger partial charge in [-0.05, 0) is 12.5 Å². The standard InChI is InChI=1S/C12H16N2OS/c1-9(11(13)16)12(15)14(2)8-10-6-4-3-5-7-10/h3-7,9H,8H2,1-2H3,(H2,13,16). The lowest BCUT2D eigenvalue weighted by Gasteiger charge is -2.20. The van der Waals surface area contributed by atoms with E-state index in [1.165, 1.54) is 0 Å². The lowest BCUT2D eigenvalue weighted by molar-refractivity contribution is -0.132. The lowest BCUT2D eigenvalue weighted by atomic mass is 10.1. The van der Waals surface area contributed by atoms with E-state index >= 15 is 0 Å². The molecule has 4 heteroatoms. The number of thiocarbonyl (C=S) groups is 1. The first-order valence-electron chi connectivity index (χ1n) is 5.10. The maximum Gasteiger partial charge on any atom is 0.232 e. The fraction of sp³-hybridized carbons (Fsp3) is 0.333. The highest BCUT2D eigenvalue weighted by Crippen LogP contribution is 2.07. The zero-order valence-electron chi connectivity index (χ0n) is 9.51. The second-order valence-electron chi connectivity index (χ2n) is 3.80. The van der Waals surface area contributed by atoms with Gasteiger partial charge in [-0.3, -0.25) is 4.79 Å². The third-order valence-electron chi connectivity index (χ3n) is 2.44. The summed E-state index contributed by atoms with van der Waals surface area (Å²) in [5.41, 5.74) is 6.54. The molecule has 0 saturated heterocycles. The highest BCUT2D eigenvalue weighted by Gasteiger charge is 2.19. The largest absolute Gasteiger partial charge is 0.393 e. The molecule has 0 bridgehead atoms. The van der Waals surface area contributed by atoms with Gasteiger partial charge in [0.1, 0.15) is 0 Å². The van der Waals surface area contributed by atoms with Crippen LogP contribution in [0, 0.1) is 5.92 Å². The quantitative estimate of drug-likeness (QED) is 0.807. The van der Waals surface area contributed by atoms with Crippen LogP contribution in [0.5, 0.6) is 0 Å². The van der Waals surface area contributed by atoms with E-state index in [0.29, 0.717) is 6.54 Å². The van der Waals surface area contributed by atoms with Gasteiger partial charge in [0.05, 0.1) is 10.9 Å². The van der Waals surface area contributed by atoms with Crippen LogP contribution in [-0.4, -0.2) is 22.8 Å². The van der Waals surface area contributed by atoms with Gasteiger partial charge in [0.25, 0.3) is 0 Å². The summed E-state index contributed by atoms with van der Waals surface area (Å²) in [6, 6.07) is 9.81. The number of benzene rings is 1. The fourth-order valence-corrected chi connectivity index (χ4v) is 1.49. The topological polar surface area (TPSA) is 46.3 Å². The third-order valence-corrected chi connectivity index (χ3v) is 2.79. The van der Waals surface area contributed by atoms with E-state index in [1.807, 2.05) is 30.3 Å². The summed E-state index contributed by atoms with van der Waals surface area (Å²) in [4.78, 5) is 13.7. The maximum absolute atomic E-state index is 11.8. The Hall–Kier alpha value is -1.42. The van der Waals surface area contributed by atoms with Crippen molar-refractivity contribution in [3.8, 4) is 0 Å². The fourth-order valence-electron chi connectivity index (χ4n) is 1.39. The summed E-state index contributed by atoms with van der Waals surface area (Å²) in [7, 11) is 1.75. The van der Waals surface area contributed by atoms with E-state index < -0.39 is 5.92 Å². The Kier molecular flexibility index (Phi) is 4.43. The predicted molar refractivity (Wildman–Crippen MR) is 68.9 cm³/mol. The Morgan fingerprint density at radius 2 is 2.00 bits per heavy atom. The Morgan fingerprint density at radius 3 is 2.50 bits per heavy atom. The number of hydrogen-bond acceptors (Lipinski definition) is 2. The molecule has 1 rings (SSSR count). The van der Waals surface area contributed by atoms with Crippen molar-refractivity contribution in [3.05, 3.63) is 35.9 Å². The van der Waals surface area contributed by atoms with Crippen molar-refractivity contribution < 1.29 is 4.79 Å². The molecule has 0 fully saturated rings. The molecule has 3 nitrogen and oxygen atoms in total. The number of carbonyl (C=O) groups excluding carboxylic acids is 1. The summed E-state index contributed by atoms with van der Waals surface area (Å²) in [6.45, 7) is 2.30. The minimum absolute atomic E-state index is 0.0450. The SMILES string of the molecule is CC(C(=O)N(C)Cc1ccccc1)C(N)=S. The predicted octanol–water partition coefficient (Wildman–Crippen LogP) is 1.57. The van der Waals surface area contributed by atoms with Gasteiger partial charge >= 0.3 is 0 Å². The van der Waals surface area contributed by atoms with Crippen LogP contribution < -0.4 is 5.73 Å². The van der Waals surface area contributed by atoms with Crippen LogP contribution in [0.25, 0.3) is 0 Å².